The van der Waals surface area contributed by atoms with E-state index in [9.17, 15) is 23.2 Å². The lowest BCUT2D eigenvalue weighted by Gasteiger charge is -2.30. The Kier molecular flexibility index (Phi) is 7.73. The Morgan fingerprint density at radius 1 is 0.935 bits per heavy atom. The van der Waals surface area contributed by atoms with Gasteiger partial charge >= 0.3 is 5.69 Å². The number of amides is 1. The van der Waals surface area contributed by atoms with Gasteiger partial charge in [0.2, 0.25) is 0 Å². The molecule has 0 spiro atoms. The van der Waals surface area contributed by atoms with Crippen molar-refractivity contribution in [1.82, 2.24) is 28.8 Å². The van der Waals surface area contributed by atoms with Crippen LogP contribution in [0, 0.1) is 11.6 Å². The lowest BCUT2D eigenvalue weighted by atomic mass is 9.90. The largest absolute Gasteiger partial charge is 0.348 e. The van der Waals surface area contributed by atoms with Gasteiger partial charge in [0.15, 0.2) is 5.65 Å². The van der Waals surface area contributed by atoms with Crippen LogP contribution in [0.25, 0.3) is 33.5 Å². The molecule has 1 N–H and O–H groups in total. The van der Waals surface area contributed by atoms with Crippen molar-refractivity contribution in [3.63, 3.8) is 0 Å². The van der Waals surface area contributed by atoms with E-state index in [1.165, 1.54) is 38.1 Å². The molecule has 1 saturated carbocycles. The smallest absolute Gasteiger partial charge is 0.337 e. The summed E-state index contributed by atoms with van der Waals surface area (Å²) >= 11 is 1.61. The fourth-order valence-electron chi connectivity index (χ4n) is 6.24. The van der Waals surface area contributed by atoms with Gasteiger partial charge in [0.05, 0.1) is 17.3 Å². The minimum Gasteiger partial charge on any atom is -0.348 e. The SMILES string of the molecule is CSc1ccccc1-c1cccc(-n2c(=O)n(C3CCC(NC(=O)c4cn5cc(F)ccc5n4)CC3)c(=O)c3cc(F)cnc32)c1. The number of carbonyl (C=O) groups is 1. The molecule has 4 aromatic heterocycles. The second-order valence-corrected chi connectivity index (χ2v) is 12.1. The number of nitrogens with zero attached hydrogens (tertiary/aromatic N) is 5. The Bertz CT molecular complexity index is 2250. The maximum absolute atomic E-state index is 14.4. The molecule has 0 aliphatic heterocycles. The Morgan fingerprint density at radius 3 is 2.54 bits per heavy atom. The summed E-state index contributed by atoms with van der Waals surface area (Å²) in [6.45, 7) is 0. The quantitative estimate of drug-likeness (QED) is 0.232. The van der Waals surface area contributed by atoms with Crippen molar-refractivity contribution in [2.75, 3.05) is 6.26 Å². The van der Waals surface area contributed by atoms with Crippen LogP contribution < -0.4 is 16.6 Å². The molecule has 1 aliphatic carbocycles. The molecule has 0 bridgehead atoms. The maximum atomic E-state index is 14.4. The Balaban J connectivity index is 1.20. The number of thioether (sulfide) groups is 1. The van der Waals surface area contributed by atoms with Crippen molar-refractivity contribution in [2.45, 2.75) is 42.7 Å². The first kappa shape index (κ1) is 29.6. The van der Waals surface area contributed by atoms with Gasteiger partial charge < -0.3 is 9.72 Å². The first-order chi connectivity index (χ1) is 22.3. The molecule has 4 heterocycles. The molecule has 12 heteroatoms. The van der Waals surface area contributed by atoms with Crippen LogP contribution in [-0.2, 0) is 0 Å². The number of halogens is 2. The zero-order valence-electron chi connectivity index (χ0n) is 24.7. The molecule has 0 atom stereocenters. The topological polar surface area (TPSA) is 103 Å². The second-order valence-electron chi connectivity index (χ2n) is 11.3. The summed E-state index contributed by atoms with van der Waals surface area (Å²) in [7, 11) is 0. The van der Waals surface area contributed by atoms with Crippen LogP contribution in [0.1, 0.15) is 42.2 Å². The van der Waals surface area contributed by atoms with E-state index in [-0.39, 0.29) is 28.7 Å². The molecule has 6 aromatic rings. The molecule has 1 aliphatic rings. The average Bonchev–Trinajstić information content (AvgIpc) is 3.50. The highest BCUT2D eigenvalue weighted by molar-refractivity contribution is 7.98. The number of hydrogen-bond acceptors (Lipinski definition) is 6. The number of fused-ring (bicyclic) bond motifs is 2. The van der Waals surface area contributed by atoms with Gasteiger partial charge in [0.1, 0.15) is 23.0 Å². The van der Waals surface area contributed by atoms with Gasteiger partial charge in [-0.3, -0.25) is 14.2 Å². The van der Waals surface area contributed by atoms with Gasteiger partial charge in [0, 0.05) is 29.4 Å². The molecule has 46 heavy (non-hydrogen) atoms. The molecule has 2 aromatic carbocycles. The fourth-order valence-corrected chi connectivity index (χ4v) is 6.87. The van der Waals surface area contributed by atoms with Crippen LogP contribution in [0.4, 0.5) is 8.78 Å². The number of rotatable bonds is 6. The molecule has 0 radical (unpaired) electrons. The standard InChI is InChI=1S/C34H28F2N6O3S/c1-46-29-8-3-2-7-26(29)20-5-4-6-25(15-20)41-31-27(16-22(36)17-37-31)33(44)42(34(41)45)24-12-10-23(11-13-24)38-32(43)28-19-40-18-21(35)9-14-30(40)39-28/h2-9,14-19,23-24H,10-13H2,1H3,(H,38,43). The summed E-state index contributed by atoms with van der Waals surface area (Å²) in [5.74, 6) is -1.50. The van der Waals surface area contributed by atoms with E-state index in [2.05, 4.69) is 15.3 Å². The third kappa shape index (κ3) is 5.38. The maximum Gasteiger partial charge on any atom is 0.337 e. The highest BCUT2D eigenvalue weighted by atomic mass is 32.2. The number of aromatic nitrogens is 5. The molecular weight excluding hydrogens is 610 g/mol. The Hall–Kier alpha value is -5.10. The van der Waals surface area contributed by atoms with Crippen LogP contribution in [0.15, 0.2) is 99.8 Å². The second kappa shape index (κ2) is 12.0. The van der Waals surface area contributed by atoms with Gasteiger partial charge in [0.25, 0.3) is 11.5 Å². The first-order valence-electron chi connectivity index (χ1n) is 14.8. The third-order valence-electron chi connectivity index (χ3n) is 8.46. The fraction of sp³-hybridized carbons (Fsp3) is 0.206. The lowest BCUT2D eigenvalue weighted by Crippen LogP contribution is -2.45. The summed E-state index contributed by atoms with van der Waals surface area (Å²) in [4.78, 5) is 50.4. The molecule has 1 fully saturated rings. The van der Waals surface area contributed by atoms with Gasteiger partial charge in [-0.1, -0.05) is 30.3 Å². The van der Waals surface area contributed by atoms with E-state index in [0.29, 0.717) is 37.0 Å². The molecule has 232 valence electrons. The monoisotopic (exact) mass is 638 g/mol. The van der Waals surface area contributed by atoms with Crippen LogP contribution in [-0.4, -0.2) is 41.7 Å². The molecular formula is C34H28F2N6O3S. The number of benzene rings is 2. The zero-order valence-corrected chi connectivity index (χ0v) is 25.5. The van der Waals surface area contributed by atoms with Crippen molar-refractivity contribution in [2.24, 2.45) is 0 Å². The predicted octanol–water partition coefficient (Wildman–Crippen LogP) is 5.78. The summed E-state index contributed by atoms with van der Waals surface area (Å²) in [5.41, 5.74) is 1.92. The zero-order chi connectivity index (χ0) is 31.9. The van der Waals surface area contributed by atoms with Crippen molar-refractivity contribution in [3.8, 4) is 16.8 Å². The van der Waals surface area contributed by atoms with Crippen molar-refractivity contribution in [3.05, 3.63) is 123 Å². The van der Waals surface area contributed by atoms with Crippen LogP contribution in [0.3, 0.4) is 0 Å². The average molecular weight is 639 g/mol. The van der Waals surface area contributed by atoms with Crippen LogP contribution in [0.5, 0.6) is 0 Å². The molecule has 1 amide bonds. The lowest BCUT2D eigenvalue weighted by molar-refractivity contribution is 0.0917. The Labute approximate surface area is 265 Å². The number of hydrogen-bond donors (Lipinski definition) is 1. The highest BCUT2D eigenvalue weighted by Gasteiger charge is 2.28. The number of carbonyl (C=O) groups excluding carboxylic acids is 1. The normalized spacial score (nSPS) is 16.6. The van der Waals surface area contributed by atoms with Crippen LogP contribution in [0.2, 0.25) is 0 Å². The first-order valence-corrected chi connectivity index (χ1v) is 16.0. The van der Waals surface area contributed by atoms with Crippen molar-refractivity contribution in [1.29, 1.82) is 0 Å². The molecule has 0 unspecified atom stereocenters. The van der Waals surface area contributed by atoms with E-state index < -0.39 is 28.9 Å². The minimum absolute atomic E-state index is 0.00762. The van der Waals surface area contributed by atoms with Gasteiger partial charge in [-0.15, -0.1) is 11.8 Å². The highest BCUT2D eigenvalue weighted by Crippen LogP contribution is 2.32. The summed E-state index contributed by atoms with van der Waals surface area (Å²) in [6.07, 6.45) is 7.60. The predicted molar refractivity (Wildman–Crippen MR) is 173 cm³/mol. The molecule has 7 rings (SSSR count). The summed E-state index contributed by atoms with van der Waals surface area (Å²) in [6, 6.07) is 18.6. The van der Waals surface area contributed by atoms with Crippen molar-refractivity contribution < 1.29 is 13.6 Å². The summed E-state index contributed by atoms with van der Waals surface area (Å²) < 4.78 is 32.0. The van der Waals surface area contributed by atoms with Gasteiger partial charge in [-0.25, -0.2) is 28.1 Å². The number of imidazole rings is 1. The number of nitrogens with one attached hydrogen (secondary N) is 1. The van der Waals surface area contributed by atoms with Gasteiger partial charge in [-0.2, -0.15) is 0 Å². The third-order valence-corrected chi connectivity index (χ3v) is 9.25. The van der Waals surface area contributed by atoms with E-state index in [1.807, 2.05) is 48.7 Å². The number of pyridine rings is 2. The van der Waals surface area contributed by atoms with Crippen LogP contribution >= 0.6 is 11.8 Å². The van der Waals surface area contributed by atoms with E-state index >= 15 is 0 Å². The van der Waals surface area contributed by atoms with Gasteiger partial charge in [-0.05, 0) is 79.5 Å². The summed E-state index contributed by atoms with van der Waals surface area (Å²) in [5, 5.41) is 2.98. The molecule has 9 nitrogen and oxygen atoms in total. The van der Waals surface area contributed by atoms with E-state index in [4.69, 9.17) is 0 Å². The Morgan fingerprint density at radius 2 is 1.74 bits per heavy atom. The van der Waals surface area contributed by atoms with E-state index in [0.717, 1.165) is 28.3 Å². The van der Waals surface area contributed by atoms with Crippen molar-refractivity contribution >= 4 is 34.3 Å². The molecule has 0 saturated heterocycles. The van der Waals surface area contributed by atoms with E-state index in [1.54, 1.807) is 17.8 Å². The minimum atomic E-state index is -0.676.